The zero-order chi connectivity index (χ0) is 24.4. The monoisotopic (exact) mass is 499 g/mol. The van der Waals surface area contributed by atoms with Crippen LogP contribution in [-0.4, -0.2) is 110 Å². The molecule has 1 aromatic rings. The molecule has 0 aromatic carbocycles. The zero-order valence-electron chi connectivity index (χ0n) is 20.5. The van der Waals surface area contributed by atoms with Gasteiger partial charge in [0.15, 0.2) is 0 Å². The van der Waals surface area contributed by atoms with Crippen LogP contribution in [0.25, 0.3) is 0 Å². The van der Waals surface area contributed by atoms with Gasteiger partial charge >= 0.3 is 0 Å². The number of nitrogens with zero attached hydrogens (tertiary/aromatic N) is 7. The van der Waals surface area contributed by atoms with Gasteiger partial charge in [0.2, 0.25) is 17.8 Å². The van der Waals surface area contributed by atoms with E-state index in [-0.39, 0.29) is 0 Å². The molecule has 0 unspecified atom stereocenters. The number of anilines is 3. The highest BCUT2D eigenvalue weighted by molar-refractivity contribution is 7.85. The first kappa shape index (κ1) is 26.8. The van der Waals surface area contributed by atoms with Crippen molar-refractivity contribution in [2.45, 2.75) is 51.4 Å². The van der Waals surface area contributed by atoms with E-state index in [2.05, 4.69) is 19.6 Å². The van der Waals surface area contributed by atoms with Gasteiger partial charge < -0.3 is 19.8 Å². The molecule has 0 saturated carbocycles. The summed E-state index contributed by atoms with van der Waals surface area (Å²) in [5, 5.41) is 8.89. The van der Waals surface area contributed by atoms with Crippen LogP contribution >= 0.6 is 0 Å². The van der Waals surface area contributed by atoms with Crippen molar-refractivity contribution in [2.24, 2.45) is 0 Å². The van der Waals surface area contributed by atoms with Gasteiger partial charge in [0.25, 0.3) is 10.1 Å². The van der Waals surface area contributed by atoms with Gasteiger partial charge in [-0.3, -0.25) is 9.45 Å². The third-order valence-corrected chi connectivity index (χ3v) is 6.42. The quantitative estimate of drug-likeness (QED) is 0.376. The summed E-state index contributed by atoms with van der Waals surface area (Å²) in [6, 6.07) is 0. The maximum atomic E-state index is 9.19. The van der Waals surface area contributed by atoms with Gasteiger partial charge in [-0.1, -0.05) is 12.8 Å². The molecule has 4 heterocycles. The molecule has 3 aliphatic rings. The maximum Gasteiger partial charge on any atom is 0.261 e. The minimum absolute atomic E-state index is 0.323. The molecule has 1 aromatic heterocycles. The van der Waals surface area contributed by atoms with Gasteiger partial charge in [-0.25, -0.2) is 0 Å². The summed E-state index contributed by atoms with van der Waals surface area (Å²) in [5.41, 5.74) is 0. The Bertz CT molecular complexity index is 795. The Labute approximate surface area is 203 Å². The fraction of sp³-hybridized carbons (Fsp3) is 0.864. The van der Waals surface area contributed by atoms with E-state index in [4.69, 9.17) is 24.6 Å². The first-order valence-electron chi connectivity index (χ1n) is 12.6. The van der Waals surface area contributed by atoms with Crippen molar-refractivity contribution in [1.82, 2.24) is 19.9 Å². The van der Waals surface area contributed by atoms with Gasteiger partial charge in [-0.2, -0.15) is 23.4 Å². The molecule has 194 valence electrons. The summed E-state index contributed by atoms with van der Waals surface area (Å²) in [6.45, 7) is 9.85. The predicted molar refractivity (Wildman–Crippen MR) is 134 cm³/mol. The summed E-state index contributed by atoms with van der Waals surface area (Å²) >= 11 is 0. The number of rotatable bonds is 9. The van der Waals surface area contributed by atoms with Crippen LogP contribution in [-0.2, 0) is 10.1 Å². The van der Waals surface area contributed by atoms with Crippen molar-refractivity contribution in [3.8, 4) is 0 Å². The Morgan fingerprint density at radius 2 is 1.06 bits per heavy atom. The van der Waals surface area contributed by atoms with Crippen LogP contribution in [0, 0.1) is 0 Å². The minimum atomic E-state index is -3.67. The Kier molecular flexibility index (Phi) is 10.5. The van der Waals surface area contributed by atoms with Gasteiger partial charge in [0.1, 0.15) is 0 Å². The summed E-state index contributed by atoms with van der Waals surface area (Å²) in [6.07, 6.45) is 10.2. The fourth-order valence-electron chi connectivity index (χ4n) is 4.57. The van der Waals surface area contributed by atoms with E-state index >= 15 is 0 Å². The van der Waals surface area contributed by atoms with Crippen molar-refractivity contribution < 1.29 is 18.1 Å². The molecule has 4 rings (SSSR count). The number of piperazine rings is 1. The lowest BCUT2D eigenvalue weighted by Gasteiger charge is -2.35. The lowest BCUT2D eigenvalue weighted by molar-refractivity contribution is 0.246. The van der Waals surface area contributed by atoms with E-state index in [1.165, 1.54) is 38.5 Å². The van der Waals surface area contributed by atoms with E-state index in [1.807, 2.05) is 0 Å². The third-order valence-electron chi connectivity index (χ3n) is 6.42. The second-order valence-corrected chi connectivity index (χ2v) is 10.8. The first-order valence-corrected chi connectivity index (χ1v) is 14.4. The molecular formula is C22H41N7O4S. The topological polar surface area (TPSA) is 126 Å². The molecule has 0 bridgehead atoms. The Hall–Kier alpha value is -1.76. The molecule has 12 heteroatoms. The van der Waals surface area contributed by atoms with E-state index < -0.39 is 10.1 Å². The SMILES string of the molecule is CS(=O)(=O)O.OCCCCCCN1CCN(c2nc(N3CCCC3)nc(N3CCCC3)n2)CC1. The molecule has 0 aliphatic carbocycles. The lowest BCUT2D eigenvalue weighted by Crippen LogP contribution is -2.47. The number of hydrogen-bond donors (Lipinski definition) is 2. The van der Waals surface area contributed by atoms with Crippen LogP contribution in [0.3, 0.4) is 0 Å². The fourth-order valence-corrected chi connectivity index (χ4v) is 4.57. The van der Waals surface area contributed by atoms with Crippen LogP contribution in [0.4, 0.5) is 17.8 Å². The van der Waals surface area contributed by atoms with Gasteiger partial charge in [0.05, 0.1) is 6.26 Å². The smallest absolute Gasteiger partial charge is 0.261 e. The number of hydrogen-bond acceptors (Lipinski definition) is 10. The lowest BCUT2D eigenvalue weighted by atomic mass is 10.2. The molecule has 3 saturated heterocycles. The number of aliphatic hydroxyl groups excluding tert-OH is 1. The Balaban J connectivity index is 0.000000588. The summed E-state index contributed by atoms with van der Waals surface area (Å²) in [5.74, 6) is 2.62. The molecule has 2 N–H and O–H groups in total. The zero-order valence-corrected chi connectivity index (χ0v) is 21.3. The van der Waals surface area contributed by atoms with Gasteiger partial charge in [-0.15, -0.1) is 0 Å². The second kappa shape index (κ2) is 13.4. The highest BCUT2D eigenvalue weighted by Crippen LogP contribution is 2.24. The third kappa shape index (κ3) is 9.12. The van der Waals surface area contributed by atoms with Crippen molar-refractivity contribution in [3.63, 3.8) is 0 Å². The molecule has 0 amide bonds. The molecule has 0 spiro atoms. The van der Waals surface area contributed by atoms with Crippen molar-refractivity contribution in [1.29, 1.82) is 0 Å². The van der Waals surface area contributed by atoms with Crippen LogP contribution < -0.4 is 14.7 Å². The predicted octanol–water partition coefficient (Wildman–Crippen LogP) is 1.25. The highest BCUT2D eigenvalue weighted by atomic mass is 32.2. The molecule has 0 radical (unpaired) electrons. The van der Waals surface area contributed by atoms with Gasteiger partial charge in [0, 0.05) is 59.0 Å². The number of aliphatic hydroxyl groups is 1. The molecule has 11 nitrogen and oxygen atoms in total. The average Bonchev–Trinajstić information content (AvgIpc) is 3.52. The summed E-state index contributed by atoms with van der Waals surface area (Å²) < 4.78 is 25.9. The van der Waals surface area contributed by atoms with Crippen LogP contribution in [0.1, 0.15) is 51.4 Å². The van der Waals surface area contributed by atoms with Crippen LogP contribution in [0.15, 0.2) is 0 Å². The number of unbranched alkanes of at least 4 members (excludes halogenated alkanes) is 3. The Morgan fingerprint density at radius 3 is 1.47 bits per heavy atom. The molecule has 3 fully saturated rings. The largest absolute Gasteiger partial charge is 0.396 e. The highest BCUT2D eigenvalue weighted by Gasteiger charge is 2.25. The normalized spacial score (nSPS) is 19.4. The van der Waals surface area contributed by atoms with E-state index in [1.54, 1.807) is 0 Å². The van der Waals surface area contributed by atoms with E-state index in [0.29, 0.717) is 12.9 Å². The summed E-state index contributed by atoms with van der Waals surface area (Å²) in [7, 11) is -3.67. The molecule has 0 atom stereocenters. The standard InChI is InChI=1S/C21H37N7O.CH4O3S/c29-18-8-2-1-3-9-25-14-16-28(17-15-25)21-23-19(26-10-4-5-11-26)22-20(24-21)27-12-6-7-13-27;1-5(2,3)4/h29H,1-18H2;1H3,(H,2,3,4). The van der Waals surface area contributed by atoms with Crippen LogP contribution in [0.5, 0.6) is 0 Å². The summed E-state index contributed by atoms with van der Waals surface area (Å²) in [4.78, 5) is 24.2. The van der Waals surface area contributed by atoms with Crippen molar-refractivity contribution >= 4 is 28.0 Å². The molecule has 3 aliphatic heterocycles. The van der Waals surface area contributed by atoms with E-state index in [0.717, 1.165) is 89.6 Å². The van der Waals surface area contributed by atoms with E-state index in [9.17, 15) is 8.42 Å². The van der Waals surface area contributed by atoms with Crippen LogP contribution in [0.2, 0.25) is 0 Å². The maximum absolute atomic E-state index is 9.19. The minimum Gasteiger partial charge on any atom is -0.396 e. The average molecular weight is 500 g/mol. The Morgan fingerprint density at radius 1 is 0.676 bits per heavy atom. The molecule has 34 heavy (non-hydrogen) atoms. The second-order valence-electron chi connectivity index (χ2n) is 9.32. The molecular weight excluding hydrogens is 458 g/mol. The first-order chi connectivity index (χ1) is 16.3. The van der Waals surface area contributed by atoms with Gasteiger partial charge in [-0.05, 0) is 45.1 Å². The van der Waals surface area contributed by atoms with Crippen molar-refractivity contribution in [3.05, 3.63) is 0 Å². The van der Waals surface area contributed by atoms with Crippen molar-refractivity contribution in [2.75, 3.05) is 86.5 Å². The number of aromatic nitrogens is 3.